The third-order valence-corrected chi connectivity index (χ3v) is 4.32. The lowest BCUT2D eigenvalue weighted by Crippen LogP contribution is -2.41. The number of rotatable bonds is 1. The van der Waals surface area contributed by atoms with Gasteiger partial charge in [-0.05, 0) is 37.1 Å². The van der Waals surface area contributed by atoms with Crippen LogP contribution < -0.4 is 5.32 Å². The number of benzene rings is 1. The van der Waals surface area contributed by atoms with Crippen LogP contribution in [0.4, 0.5) is 0 Å². The Kier molecular flexibility index (Phi) is 2.76. The number of nitrogens with one attached hydrogen (secondary N) is 1. The predicted octanol–water partition coefficient (Wildman–Crippen LogP) is 2.48. The van der Waals surface area contributed by atoms with Crippen molar-refractivity contribution in [1.82, 2.24) is 14.9 Å². The van der Waals surface area contributed by atoms with Crippen LogP contribution in [-0.4, -0.2) is 21.4 Å². The molecule has 1 N–H and O–H groups in total. The zero-order valence-corrected chi connectivity index (χ0v) is 12.2. The van der Waals surface area contributed by atoms with Crippen LogP contribution in [0.1, 0.15) is 24.4 Å². The molecular weight excluding hydrogens is 278 g/mol. The maximum atomic E-state index is 12.3. The van der Waals surface area contributed by atoms with E-state index in [-0.39, 0.29) is 11.8 Å². The van der Waals surface area contributed by atoms with Crippen molar-refractivity contribution >= 4 is 33.8 Å². The summed E-state index contributed by atoms with van der Waals surface area (Å²) in [5.41, 5.74) is 2.94. The summed E-state index contributed by atoms with van der Waals surface area (Å²) >= 11 is 0. The van der Waals surface area contributed by atoms with E-state index in [1.54, 1.807) is 6.20 Å². The average molecular weight is 293 g/mol. The van der Waals surface area contributed by atoms with Gasteiger partial charge in [-0.25, -0.2) is 4.98 Å². The van der Waals surface area contributed by atoms with Gasteiger partial charge in [-0.1, -0.05) is 12.1 Å². The van der Waals surface area contributed by atoms with E-state index in [2.05, 4.69) is 23.3 Å². The number of aromatic nitrogens is 2. The van der Waals surface area contributed by atoms with Gasteiger partial charge in [0.15, 0.2) is 0 Å². The Hall–Kier alpha value is -2.69. The van der Waals surface area contributed by atoms with E-state index in [9.17, 15) is 9.59 Å². The van der Waals surface area contributed by atoms with Crippen LogP contribution in [0.25, 0.3) is 21.9 Å². The van der Waals surface area contributed by atoms with Crippen molar-refractivity contribution in [3.8, 4) is 0 Å². The topological polar surface area (TPSA) is 64.0 Å². The highest BCUT2D eigenvalue weighted by Crippen LogP contribution is 2.34. The first-order chi connectivity index (χ1) is 10.7. The van der Waals surface area contributed by atoms with E-state index in [1.807, 2.05) is 28.8 Å². The molecule has 0 radical (unpaired) electrons. The largest absolute Gasteiger partial charge is 0.313 e. The van der Waals surface area contributed by atoms with Crippen molar-refractivity contribution in [2.45, 2.75) is 25.8 Å². The Bertz CT molecular complexity index is 926. The highest BCUT2D eigenvalue weighted by atomic mass is 16.2. The normalized spacial score (nSPS) is 18.9. The van der Waals surface area contributed by atoms with Gasteiger partial charge in [-0.3, -0.25) is 14.9 Å². The molecule has 2 aromatic heterocycles. The first kappa shape index (κ1) is 13.0. The molecule has 1 saturated heterocycles. The molecule has 22 heavy (non-hydrogen) atoms. The van der Waals surface area contributed by atoms with E-state index in [0.29, 0.717) is 12.8 Å². The summed E-state index contributed by atoms with van der Waals surface area (Å²) in [7, 11) is 0. The molecule has 1 aromatic carbocycles. The summed E-state index contributed by atoms with van der Waals surface area (Å²) in [5, 5.41) is 4.60. The Morgan fingerprint density at radius 2 is 2.09 bits per heavy atom. The maximum Gasteiger partial charge on any atom is 0.249 e. The van der Waals surface area contributed by atoms with Gasteiger partial charge in [0.2, 0.25) is 11.8 Å². The average Bonchev–Trinajstić information content (AvgIpc) is 2.83. The standard InChI is InChI=1S/C17H15N3O2/c1-10-4-2-6-12-15(10)11-5-3-9-18-16(11)20(12)13-7-8-14(21)19-17(13)22/h2-6,9,13H,7-8H2,1H3,(H,19,21,22). The number of aryl methyl sites for hydroxylation is 1. The number of fused-ring (bicyclic) bond motifs is 3. The number of pyridine rings is 1. The quantitative estimate of drug-likeness (QED) is 0.701. The second kappa shape index (κ2) is 4.66. The summed E-state index contributed by atoms with van der Waals surface area (Å²) in [6.45, 7) is 2.06. The summed E-state index contributed by atoms with van der Waals surface area (Å²) in [6, 6.07) is 9.59. The lowest BCUT2D eigenvalue weighted by Gasteiger charge is -2.23. The van der Waals surface area contributed by atoms with Crippen LogP contribution in [0.3, 0.4) is 0 Å². The SMILES string of the molecule is Cc1cccc2c1c1cccnc1n2C1CCC(=O)NC1=O. The van der Waals surface area contributed by atoms with Gasteiger partial charge in [-0.15, -0.1) is 0 Å². The third kappa shape index (κ3) is 1.75. The highest BCUT2D eigenvalue weighted by Gasteiger charge is 2.30. The molecule has 1 aliphatic heterocycles. The molecule has 1 atom stereocenters. The van der Waals surface area contributed by atoms with Crippen molar-refractivity contribution in [2.24, 2.45) is 0 Å². The fourth-order valence-corrected chi connectivity index (χ4v) is 3.35. The molecule has 1 unspecified atom stereocenters. The van der Waals surface area contributed by atoms with Gasteiger partial charge in [0.25, 0.3) is 0 Å². The Labute approximate surface area is 126 Å². The fourth-order valence-electron chi connectivity index (χ4n) is 3.35. The number of hydrogen-bond acceptors (Lipinski definition) is 3. The second-order valence-electron chi connectivity index (χ2n) is 5.68. The molecule has 0 spiro atoms. The number of hydrogen-bond donors (Lipinski definition) is 1. The molecule has 110 valence electrons. The van der Waals surface area contributed by atoms with Crippen molar-refractivity contribution in [2.75, 3.05) is 0 Å². The molecule has 0 bridgehead atoms. The summed E-state index contributed by atoms with van der Waals surface area (Å²) in [4.78, 5) is 28.2. The Morgan fingerprint density at radius 3 is 2.91 bits per heavy atom. The Morgan fingerprint density at radius 1 is 1.23 bits per heavy atom. The molecule has 5 heteroatoms. The lowest BCUT2D eigenvalue weighted by atomic mass is 10.1. The fraction of sp³-hybridized carbons (Fsp3) is 0.235. The minimum Gasteiger partial charge on any atom is -0.313 e. The van der Waals surface area contributed by atoms with Crippen molar-refractivity contribution in [3.63, 3.8) is 0 Å². The number of carbonyl (C=O) groups excluding carboxylic acids is 2. The molecule has 3 heterocycles. The first-order valence-electron chi connectivity index (χ1n) is 7.35. The van der Waals surface area contributed by atoms with Crippen LogP contribution in [0.15, 0.2) is 36.5 Å². The molecule has 3 aromatic rings. The summed E-state index contributed by atoms with van der Waals surface area (Å²) in [5.74, 6) is -0.451. The van der Waals surface area contributed by atoms with Gasteiger partial charge < -0.3 is 4.57 Å². The molecular formula is C17H15N3O2. The minimum absolute atomic E-state index is 0.203. The van der Waals surface area contributed by atoms with Gasteiger partial charge in [-0.2, -0.15) is 0 Å². The molecule has 0 aliphatic carbocycles. The van der Waals surface area contributed by atoms with Crippen LogP contribution in [0.5, 0.6) is 0 Å². The van der Waals surface area contributed by atoms with Gasteiger partial charge in [0, 0.05) is 23.4 Å². The van der Waals surface area contributed by atoms with Gasteiger partial charge >= 0.3 is 0 Å². The number of nitrogens with zero attached hydrogens (tertiary/aromatic N) is 2. The van der Waals surface area contributed by atoms with Crippen LogP contribution in [0.2, 0.25) is 0 Å². The van der Waals surface area contributed by atoms with Crippen molar-refractivity contribution in [1.29, 1.82) is 0 Å². The van der Waals surface area contributed by atoms with Crippen LogP contribution in [-0.2, 0) is 9.59 Å². The monoisotopic (exact) mass is 293 g/mol. The third-order valence-electron chi connectivity index (χ3n) is 4.32. The molecule has 5 nitrogen and oxygen atoms in total. The highest BCUT2D eigenvalue weighted by molar-refractivity contribution is 6.10. The summed E-state index contributed by atoms with van der Waals surface area (Å²) < 4.78 is 1.97. The second-order valence-corrected chi connectivity index (χ2v) is 5.68. The van der Waals surface area contributed by atoms with Crippen molar-refractivity contribution < 1.29 is 9.59 Å². The predicted molar refractivity (Wildman–Crippen MR) is 83.4 cm³/mol. The number of amides is 2. The molecule has 1 fully saturated rings. The lowest BCUT2D eigenvalue weighted by molar-refractivity contribution is -0.135. The Balaban J connectivity index is 2.05. The van der Waals surface area contributed by atoms with Crippen LogP contribution in [0, 0.1) is 6.92 Å². The zero-order chi connectivity index (χ0) is 15.3. The number of imide groups is 1. The van der Waals surface area contributed by atoms with Crippen molar-refractivity contribution in [3.05, 3.63) is 42.1 Å². The molecule has 4 rings (SSSR count). The number of piperidine rings is 1. The van der Waals surface area contributed by atoms with E-state index in [0.717, 1.165) is 27.5 Å². The molecule has 1 aliphatic rings. The van der Waals surface area contributed by atoms with E-state index in [1.165, 1.54) is 0 Å². The first-order valence-corrected chi connectivity index (χ1v) is 7.35. The van der Waals surface area contributed by atoms with Crippen LogP contribution >= 0.6 is 0 Å². The van der Waals surface area contributed by atoms with E-state index >= 15 is 0 Å². The minimum atomic E-state index is -0.394. The molecule has 2 amide bonds. The van der Waals surface area contributed by atoms with E-state index < -0.39 is 6.04 Å². The maximum absolute atomic E-state index is 12.3. The summed E-state index contributed by atoms with van der Waals surface area (Å²) in [6.07, 6.45) is 2.60. The zero-order valence-electron chi connectivity index (χ0n) is 12.2. The van der Waals surface area contributed by atoms with E-state index in [4.69, 9.17) is 0 Å². The van der Waals surface area contributed by atoms with Gasteiger partial charge in [0.05, 0.1) is 5.52 Å². The molecule has 0 saturated carbocycles. The smallest absolute Gasteiger partial charge is 0.249 e. The number of carbonyl (C=O) groups is 2. The van der Waals surface area contributed by atoms with Gasteiger partial charge in [0.1, 0.15) is 11.7 Å².